The maximum absolute atomic E-state index is 13.5. The Morgan fingerprint density at radius 2 is 2.12 bits per heavy atom. The van der Waals surface area contributed by atoms with Gasteiger partial charge in [0.1, 0.15) is 5.82 Å². The van der Waals surface area contributed by atoms with E-state index in [1.54, 1.807) is 12.1 Å². The largest absolute Gasteiger partial charge is 0.366 e. The molecule has 0 bridgehead atoms. The third-order valence-corrected chi connectivity index (χ3v) is 4.74. The summed E-state index contributed by atoms with van der Waals surface area (Å²) in [6, 6.07) is 5.60. The molecule has 1 atom stereocenters. The standard InChI is InChI=1S/C14H19FN6O2S/c15-11-3-1-2-10(8-11)12(20-24(22)23)9-4-6-21(7-5-9)14-17-13(16)18-19-14/h1-3,8-9,12,24H,4-7H2,(H,20,22,23)(H3,16,17,18,19). The highest BCUT2D eigenvalue weighted by molar-refractivity contribution is 7.70. The summed E-state index contributed by atoms with van der Waals surface area (Å²) < 4.78 is 38.4. The molecule has 130 valence electrons. The second-order valence-corrected chi connectivity index (χ2v) is 6.53. The van der Waals surface area contributed by atoms with Crippen molar-refractivity contribution in [3.8, 4) is 0 Å². The fourth-order valence-electron chi connectivity index (χ4n) is 3.12. The number of aromatic amines is 1. The van der Waals surface area contributed by atoms with Gasteiger partial charge in [-0.1, -0.05) is 12.1 Å². The van der Waals surface area contributed by atoms with Crippen LogP contribution in [0, 0.1) is 11.7 Å². The Hall–Kier alpha value is -2.20. The lowest BCUT2D eigenvalue weighted by Gasteiger charge is -2.35. The zero-order valence-corrected chi connectivity index (χ0v) is 13.7. The van der Waals surface area contributed by atoms with Crippen LogP contribution in [0.3, 0.4) is 0 Å². The van der Waals surface area contributed by atoms with E-state index in [0.29, 0.717) is 24.6 Å². The average Bonchev–Trinajstić information content (AvgIpc) is 2.99. The van der Waals surface area contributed by atoms with Crippen molar-refractivity contribution in [2.75, 3.05) is 23.7 Å². The molecule has 24 heavy (non-hydrogen) atoms. The summed E-state index contributed by atoms with van der Waals surface area (Å²) in [6.45, 7) is 1.37. The number of thiol groups is 1. The molecule has 10 heteroatoms. The summed E-state index contributed by atoms with van der Waals surface area (Å²) in [6.07, 6.45) is 1.47. The summed E-state index contributed by atoms with van der Waals surface area (Å²) in [5.74, 6) is 0.483. The Morgan fingerprint density at radius 3 is 2.71 bits per heavy atom. The third kappa shape index (κ3) is 3.82. The minimum Gasteiger partial charge on any atom is -0.366 e. The number of aromatic nitrogens is 3. The smallest absolute Gasteiger partial charge is 0.241 e. The summed E-state index contributed by atoms with van der Waals surface area (Å²) >= 11 is 0. The molecule has 3 rings (SSSR count). The summed E-state index contributed by atoms with van der Waals surface area (Å²) in [7, 11) is -2.78. The SMILES string of the molecule is Nc1n[nH]c(N2CCC(C(N[SH](=O)=O)c3cccc(F)c3)CC2)n1. The lowest BCUT2D eigenvalue weighted by molar-refractivity contribution is 0.326. The van der Waals surface area contributed by atoms with Crippen LogP contribution in [0.5, 0.6) is 0 Å². The van der Waals surface area contributed by atoms with E-state index < -0.39 is 16.9 Å². The molecule has 1 fully saturated rings. The first-order chi connectivity index (χ1) is 11.5. The Balaban J connectivity index is 1.73. The number of halogens is 1. The highest BCUT2D eigenvalue weighted by Crippen LogP contribution is 2.32. The molecule has 8 nitrogen and oxygen atoms in total. The minimum absolute atomic E-state index is 0.0659. The van der Waals surface area contributed by atoms with E-state index >= 15 is 0 Å². The van der Waals surface area contributed by atoms with Gasteiger partial charge in [-0.15, -0.1) is 5.10 Å². The normalized spacial score (nSPS) is 17.3. The van der Waals surface area contributed by atoms with Gasteiger partial charge in [0.05, 0.1) is 0 Å². The topological polar surface area (TPSA) is 117 Å². The molecule has 0 spiro atoms. The van der Waals surface area contributed by atoms with Crippen LogP contribution in [0.1, 0.15) is 24.4 Å². The first-order valence-corrected chi connectivity index (χ1v) is 8.79. The number of piperidine rings is 1. The number of nitrogen functional groups attached to an aromatic ring is 1. The van der Waals surface area contributed by atoms with Crippen LogP contribution < -0.4 is 15.4 Å². The Morgan fingerprint density at radius 1 is 1.38 bits per heavy atom. The zero-order chi connectivity index (χ0) is 17.1. The van der Waals surface area contributed by atoms with Gasteiger partial charge in [-0.3, -0.25) is 0 Å². The second kappa shape index (κ2) is 7.14. The van der Waals surface area contributed by atoms with Gasteiger partial charge in [-0.2, -0.15) is 4.98 Å². The zero-order valence-electron chi connectivity index (χ0n) is 12.9. The molecule has 4 N–H and O–H groups in total. The fourth-order valence-corrected chi connectivity index (χ4v) is 3.70. The number of benzene rings is 1. The van der Waals surface area contributed by atoms with Crippen LogP contribution in [0.25, 0.3) is 0 Å². The first-order valence-electron chi connectivity index (χ1n) is 7.62. The molecular formula is C14H19FN6O2S. The van der Waals surface area contributed by atoms with Gasteiger partial charge in [-0.05, 0) is 36.5 Å². The van der Waals surface area contributed by atoms with Gasteiger partial charge in [0.2, 0.25) is 22.8 Å². The molecule has 1 aromatic heterocycles. The van der Waals surface area contributed by atoms with Gasteiger partial charge in [0, 0.05) is 19.1 Å². The number of nitrogens with zero attached hydrogens (tertiary/aromatic N) is 3. The third-order valence-electron chi connectivity index (χ3n) is 4.25. The Kier molecular flexibility index (Phi) is 4.95. The average molecular weight is 354 g/mol. The molecule has 0 radical (unpaired) electrons. The van der Waals surface area contributed by atoms with Crippen molar-refractivity contribution in [1.82, 2.24) is 19.9 Å². The van der Waals surface area contributed by atoms with E-state index in [4.69, 9.17) is 5.73 Å². The van der Waals surface area contributed by atoms with E-state index in [9.17, 15) is 12.8 Å². The number of rotatable bonds is 5. The van der Waals surface area contributed by atoms with Crippen molar-refractivity contribution in [2.45, 2.75) is 18.9 Å². The quantitative estimate of drug-likeness (QED) is 0.584. The molecule has 1 aliphatic rings. The molecule has 1 aromatic carbocycles. The van der Waals surface area contributed by atoms with Gasteiger partial charge in [0.25, 0.3) is 0 Å². The maximum Gasteiger partial charge on any atom is 0.241 e. The van der Waals surface area contributed by atoms with Crippen LogP contribution in [0.4, 0.5) is 16.3 Å². The minimum atomic E-state index is -2.78. The predicted molar refractivity (Wildman–Crippen MR) is 88.3 cm³/mol. The number of anilines is 2. The molecule has 0 aliphatic carbocycles. The van der Waals surface area contributed by atoms with E-state index in [1.165, 1.54) is 12.1 Å². The number of nitrogens with two attached hydrogens (primary N) is 1. The van der Waals surface area contributed by atoms with E-state index in [-0.39, 0.29) is 17.7 Å². The van der Waals surface area contributed by atoms with E-state index in [0.717, 1.165) is 12.8 Å². The second-order valence-electron chi connectivity index (χ2n) is 5.76. The van der Waals surface area contributed by atoms with Crippen LogP contribution in [-0.4, -0.2) is 36.7 Å². The lowest BCUT2D eigenvalue weighted by atomic mass is 9.86. The summed E-state index contributed by atoms with van der Waals surface area (Å²) in [5, 5.41) is 6.58. The monoisotopic (exact) mass is 354 g/mol. The van der Waals surface area contributed by atoms with Crippen LogP contribution >= 0.6 is 0 Å². The predicted octanol–water partition coefficient (Wildman–Crippen LogP) is 0.600. The fraction of sp³-hybridized carbons (Fsp3) is 0.429. The van der Waals surface area contributed by atoms with Gasteiger partial charge in [-0.25, -0.2) is 22.6 Å². The molecule has 1 aliphatic heterocycles. The van der Waals surface area contributed by atoms with E-state index in [1.807, 2.05) is 4.90 Å². The van der Waals surface area contributed by atoms with Crippen molar-refractivity contribution >= 4 is 22.8 Å². The van der Waals surface area contributed by atoms with Crippen LogP contribution in [0.2, 0.25) is 0 Å². The molecule has 2 heterocycles. The molecular weight excluding hydrogens is 335 g/mol. The van der Waals surface area contributed by atoms with Crippen molar-refractivity contribution in [1.29, 1.82) is 0 Å². The highest BCUT2D eigenvalue weighted by Gasteiger charge is 2.29. The van der Waals surface area contributed by atoms with Crippen LogP contribution in [-0.2, 0) is 10.9 Å². The van der Waals surface area contributed by atoms with Crippen molar-refractivity contribution < 1.29 is 12.8 Å². The number of H-pyrrole nitrogens is 1. The summed E-state index contributed by atoms with van der Waals surface area (Å²) in [5.41, 5.74) is 6.15. The lowest BCUT2D eigenvalue weighted by Crippen LogP contribution is -2.39. The Bertz CT molecular complexity index is 764. The van der Waals surface area contributed by atoms with Gasteiger partial charge in [0.15, 0.2) is 0 Å². The van der Waals surface area contributed by atoms with Crippen LogP contribution in [0.15, 0.2) is 24.3 Å². The molecule has 1 unspecified atom stereocenters. The summed E-state index contributed by atoms with van der Waals surface area (Å²) in [4.78, 5) is 6.11. The molecule has 2 aromatic rings. The van der Waals surface area contributed by atoms with Crippen molar-refractivity contribution in [2.24, 2.45) is 5.92 Å². The van der Waals surface area contributed by atoms with Crippen molar-refractivity contribution in [3.05, 3.63) is 35.6 Å². The number of hydrogen-bond donors (Lipinski definition) is 4. The number of hydrogen-bond acceptors (Lipinski definition) is 6. The van der Waals surface area contributed by atoms with Gasteiger partial charge < -0.3 is 10.6 Å². The molecule has 1 saturated heterocycles. The highest BCUT2D eigenvalue weighted by atomic mass is 32.2. The Labute approximate surface area is 140 Å². The van der Waals surface area contributed by atoms with E-state index in [2.05, 4.69) is 19.9 Å². The molecule has 0 amide bonds. The van der Waals surface area contributed by atoms with Crippen molar-refractivity contribution in [3.63, 3.8) is 0 Å². The maximum atomic E-state index is 13.5. The number of nitrogens with one attached hydrogen (secondary N) is 2. The van der Waals surface area contributed by atoms with Gasteiger partial charge >= 0.3 is 0 Å². The molecule has 0 saturated carbocycles. The first kappa shape index (κ1) is 16.7.